The first kappa shape index (κ1) is 27.8. The number of carbonyl (C=O) groups is 1. The molecule has 0 radical (unpaired) electrons. The van der Waals surface area contributed by atoms with Gasteiger partial charge in [0.1, 0.15) is 18.2 Å². The minimum atomic E-state index is -4.82. The van der Waals surface area contributed by atoms with Crippen LogP contribution in [0.3, 0.4) is 0 Å². The molecule has 4 heterocycles. The number of aromatic nitrogens is 4. The fourth-order valence-corrected chi connectivity index (χ4v) is 3.82. The van der Waals surface area contributed by atoms with E-state index in [2.05, 4.69) is 19.9 Å². The average Bonchev–Trinajstić information content (AvgIpc) is 3.34. The number of halogens is 3. The third-order valence-corrected chi connectivity index (χ3v) is 5.74. The molecule has 1 aromatic carbocycles. The number of anilines is 3. The molecule has 2 aromatic heterocycles. The van der Waals surface area contributed by atoms with Crippen LogP contribution in [0.25, 0.3) is 11.3 Å². The summed E-state index contributed by atoms with van der Waals surface area (Å²) in [5.41, 5.74) is 3.51. The van der Waals surface area contributed by atoms with E-state index in [1.165, 1.54) is 6.07 Å². The first-order chi connectivity index (χ1) is 18.7. The lowest BCUT2D eigenvalue weighted by Crippen LogP contribution is -2.39. The molecular formula is C24H26F3N7O5. The Bertz CT molecular complexity index is 1280. The second-order valence-corrected chi connectivity index (χ2v) is 8.30. The highest BCUT2D eigenvalue weighted by atomic mass is 19.4. The maximum Gasteiger partial charge on any atom is 0.434 e. The van der Waals surface area contributed by atoms with Crippen molar-refractivity contribution in [2.24, 2.45) is 0 Å². The van der Waals surface area contributed by atoms with Crippen LogP contribution in [0.15, 0.2) is 42.6 Å². The predicted octanol–water partition coefficient (Wildman–Crippen LogP) is 2.38. The van der Waals surface area contributed by atoms with E-state index in [4.69, 9.17) is 19.9 Å². The fraction of sp³-hybridized carbons (Fsp3) is 0.375. The number of morpholine rings is 1. The van der Waals surface area contributed by atoms with Crippen LogP contribution in [0.5, 0.6) is 5.75 Å². The standard InChI is InChI=1S/C17H18F3N7O4.C7H8O/c18-17(19,20)13-10(6-22-14(21)25-13)11-5-12(27-9(7-28)8-31-16(27)29)24-15(23-11)26-1-3-30-4-2-26;1-8-7-5-3-2-4-6-7/h5-6,9,28H,1-4,7-8H2,(H2,21,22,25);2-6H,1H3. The van der Waals surface area contributed by atoms with Gasteiger partial charge in [-0.1, -0.05) is 18.2 Å². The molecule has 3 aromatic rings. The number of ether oxygens (including phenoxy) is 3. The van der Waals surface area contributed by atoms with Crippen molar-refractivity contribution in [3.63, 3.8) is 0 Å². The number of nitrogens with two attached hydrogens (primary N) is 1. The summed E-state index contributed by atoms with van der Waals surface area (Å²) in [5, 5.41) is 9.57. The molecule has 0 aliphatic carbocycles. The second-order valence-electron chi connectivity index (χ2n) is 8.30. The summed E-state index contributed by atoms with van der Waals surface area (Å²) in [4.78, 5) is 30.7. The fourth-order valence-electron chi connectivity index (χ4n) is 3.82. The number of rotatable bonds is 5. The number of nitrogen functional groups attached to an aromatic ring is 1. The molecule has 15 heteroatoms. The number of para-hydroxylation sites is 1. The van der Waals surface area contributed by atoms with Gasteiger partial charge in [0.25, 0.3) is 0 Å². The van der Waals surface area contributed by atoms with Crippen molar-refractivity contribution in [2.45, 2.75) is 12.2 Å². The van der Waals surface area contributed by atoms with Gasteiger partial charge in [0.15, 0.2) is 5.69 Å². The van der Waals surface area contributed by atoms with Crippen molar-refractivity contribution in [3.8, 4) is 17.0 Å². The Labute approximate surface area is 221 Å². The van der Waals surface area contributed by atoms with Crippen molar-refractivity contribution in [1.29, 1.82) is 0 Å². The Balaban J connectivity index is 0.000000379. The molecule has 1 atom stereocenters. The number of carbonyl (C=O) groups excluding carboxylic acids is 1. The lowest BCUT2D eigenvalue weighted by molar-refractivity contribution is -0.140. The second kappa shape index (κ2) is 12.1. The number of hydrogen-bond donors (Lipinski definition) is 2. The van der Waals surface area contributed by atoms with Crippen LogP contribution < -0.4 is 20.3 Å². The molecule has 0 spiro atoms. The summed E-state index contributed by atoms with van der Waals surface area (Å²) in [5.74, 6) is 0.449. The third kappa shape index (κ3) is 6.61. The topological polar surface area (TPSA) is 149 Å². The highest BCUT2D eigenvalue weighted by Crippen LogP contribution is 2.37. The van der Waals surface area contributed by atoms with Crippen LogP contribution in [0.2, 0.25) is 0 Å². The number of methoxy groups -OCH3 is 1. The number of aliphatic hydroxyl groups is 1. The highest BCUT2D eigenvalue weighted by Gasteiger charge is 2.39. The van der Waals surface area contributed by atoms with E-state index in [0.29, 0.717) is 26.3 Å². The molecule has 1 unspecified atom stereocenters. The van der Waals surface area contributed by atoms with Crippen LogP contribution >= 0.6 is 0 Å². The lowest BCUT2D eigenvalue weighted by Gasteiger charge is -2.28. The van der Waals surface area contributed by atoms with Crippen LogP contribution in [-0.2, 0) is 15.7 Å². The zero-order chi connectivity index (χ0) is 28.0. The molecule has 2 saturated heterocycles. The number of amides is 1. The molecule has 3 N–H and O–H groups in total. The SMILES string of the molecule is COc1ccccc1.Nc1ncc(-c2cc(N3C(=O)OCC3CO)nc(N3CCOCC3)n2)c(C(F)(F)F)n1. The summed E-state index contributed by atoms with van der Waals surface area (Å²) in [6, 6.07) is 10.1. The minimum absolute atomic E-state index is 0.0157. The Morgan fingerprint density at radius 3 is 2.49 bits per heavy atom. The number of cyclic esters (lactones) is 1. The monoisotopic (exact) mass is 549 g/mol. The summed E-state index contributed by atoms with van der Waals surface area (Å²) in [7, 11) is 1.66. The van der Waals surface area contributed by atoms with Gasteiger partial charge >= 0.3 is 12.3 Å². The molecule has 0 saturated carbocycles. The van der Waals surface area contributed by atoms with Crippen LogP contribution in [0.4, 0.5) is 35.7 Å². The van der Waals surface area contributed by atoms with E-state index in [1.807, 2.05) is 30.3 Å². The lowest BCUT2D eigenvalue weighted by atomic mass is 10.1. The Morgan fingerprint density at radius 1 is 1.15 bits per heavy atom. The van der Waals surface area contributed by atoms with E-state index < -0.39 is 42.1 Å². The number of benzene rings is 1. The van der Waals surface area contributed by atoms with Gasteiger partial charge in [0.2, 0.25) is 11.9 Å². The Hall–Kier alpha value is -4.24. The Kier molecular flexibility index (Phi) is 8.61. The van der Waals surface area contributed by atoms with Gasteiger partial charge in [0, 0.05) is 30.9 Å². The van der Waals surface area contributed by atoms with Gasteiger partial charge in [-0.05, 0) is 12.1 Å². The molecule has 2 fully saturated rings. The molecule has 1 amide bonds. The first-order valence-corrected chi connectivity index (χ1v) is 11.8. The summed E-state index contributed by atoms with van der Waals surface area (Å²) in [6.45, 7) is 1.07. The zero-order valence-corrected chi connectivity index (χ0v) is 20.8. The van der Waals surface area contributed by atoms with E-state index >= 15 is 0 Å². The third-order valence-electron chi connectivity index (χ3n) is 5.74. The van der Waals surface area contributed by atoms with Crippen LogP contribution in [0, 0.1) is 0 Å². The quantitative estimate of drug-likeness (QED) is 0.483. The van der Waals surface area contributed by atoms with E-state index in [9.17, 15) is 23.1 Å². The van der Waals surface area contributed by atoms with E-state index in [1.54, 1.807) is 12.0 Å². The van der Waals surface area contributed by atoms with Crippen molar-refractivity contribution in [3.05, 3.63) is 48.3 Å². The summed E-state index contributed by atoms with van der Waals surface area (Å²) < 4.78 is 56.0. The highest BCUT2D eigenvalue weighted by molar-refractivity contribution is 5.90. The maximum absolute atomic E-state index is 13.6. The van der Waals surface area contributed by atoms with Crippen LogP contribution in [0.1, 0.15) is 5.69 Å². The number of nitrogens with zero attached hydrogens (tertiary/aromatic N) is 6. The zero-order valence-electron chi connectivity index (χ0n) is 20.8. The molecule has 39 heavy (non-hydrogen) atoms. The van der Waals surface area contributed by atoms with Crippen molar-refractivity contribution < 1.29 is 37.3 Å². The number of alkyl halides is 3. The van der Waals surface area contributed by atoms with Gasteiger partial charge < -0.3 is 30.0 Å². The van der Waals surface area contributed by atoms with Crippen molar-refractivity contribution in [1.82, 2.24) is 19.9 Å². The predicted molar refractivity (Wildman–Crippen MR) is 133 cm³/mol. The smallest absolute Gasteiger partial charge is 0.434 e. The Morgan fingerprint density at radius 2 is 1.87 bits per heavy atom. The average molecular weight is 550 g/mol. The van der Waals surface area contributed by atoms with Crippen molar-refractivity contribution in [2.75, 3.05) is 62.2 Å². The van der Waals surface area contributed by atoms with Gasteiger partial charge in [-0.2, -0.15) is 18.2 Å². The van der Waals surface area contributed by atoms with E-state index in [-0.39, 0.29) is 24.1 Å². The van der Waals surface area contributed by atoms with Gasteiger partial charge in [-0.3, -0.25) is 4.90 Å². The molecule has 12 nitrogen and oxygen atoms in total. The maximum atomic E-state index is 13.6. The van der Waals surface area contributed by atoms with E-state index in [0.717, 1.165) is 16.8 Å². The molecular weight excluding hydrogens is 523 g/mol. The molecule has 208 valence electrons. The molecule has 0 bridgehead atoms. The molecule has 2 aliphatic rings. The van der Waals surface area contributed by atoms with Gasteiger partial charge in [0.05, 0.1) is 38.7 Å². The van der Waals surface area contributed by atoms with Gasteiger partial charge in [-0.25, -0.2) is 19.7 Å². The molecule has 2 aliphatic heterocycles. The molecule has 5 rings (SSSR count). The summed E-state index contributed by atoms with van der Waals surface area (Å²) in [6.07, 6.45) is -4.68. The summed E-state index contributed by atoms with van der Waals surface area (Å²) >= 11 is 0. The minimum Gasteiger partial charge on any atom is -0.497 e. The van der Waals surface area contributed by atoms with Crippen molar-refractivity contribution >= 4 is 23.8 Å². The number of aliphatic hydroxyl groups excluding tert-OH is 1. The largest absolute Gasteiger partial charge is 0.497 e. The normalized spacial score (nSPS) is 17.4. The number of hydrogen-bond acceptors (Lipinski definition) is 11. The van der Waals surface area contributed by atoms with Gasteiger partial charge in [-0.15, -0.1) is 0 Å². The first-order valence-electron chi connectivity index (χ1n) is 11.8. The van der Waals surface area contributed by atoms with Crippen LogP contribution in [-0.4, -0.2) is 83.8 Å².